The lowest BCUT2D eigenvalue weighted by Gasteiger charge is -2.42. The van der Waals surface area contributed by atoms with Crippen molar-refractivity contribution in [3.8, 4) is 17.2 Å². The Balaban J connectivity index is 2.56. The van der Waals surface area contributed by atoms with E-state index < -0.39 is 22.7 Å². The van der Waals surface area contributed by atoms with Gasteiger partial charge in [0.1, 0.15) is 11.5 Å². The average molecular weight is 593 g/mol. The molecule has 40 heavy (non-hydrogen) atoms. The normalized spacial score (nSPS) is 16.6. The van der Waals surface area contributed by atoms with Crippen molar-refractivity contribution in [1.82, 2.24) is 4.90 Å². The summed E-state index contributed by atoms with van der Waals surface area (Å²) in [5.74, 6) is 0.591. The first-order chi connectivity index (χ1) is 18.3. The maximum atomic E-state index is 14.0. The number of hydrogen-bond acceptors (Lipinski definition) is 6. The van der Waals surface area contributed by atoms with Crippen LogP contribution in [0.1, 0.15) is 86.0 Å². The van der Waals surface area contributed by atoms with Crippen LogP contribution < -0.4 is 19.6 Å². The molecule has 1 heterocycles. The monoisotopic (exact) mass is 592 g/mol. The molecular weight excluding hydrogens is 541 g/mol. The van der Waals surface area contributed by atoms with Crippen molar-refractivity contribution in [3.05, 3.63) is 29.5 Å². The molecule has 0 saturated carbocycles. The first-order valence-corrected chi connectivity index (χ1v) is 19.4. The van der Waals surface area contributed by atoms with E-state index in [1.807, 2.05) is 13.1 Å². The molecular formula is C30H52N2O6Si2. The van der Waals surface area contributed by atoms with Gasteiger partial charge in [0.05, 0.1) is 25.3 Å². The van der Waals surface area contributed by atoms with Gasteiger partial charge in [-0.05, 0) is 48.1 Å². The number of ether oxygens (including phenoxy) is 2. The number of carbonyl (C=O) groups excluding carboxylic acids is 2. The Morgan fingerprint density at radius 2 is 1.55 bits per heavy atom. The fourth-order valence-electron chi connectivity index (χ4n) is 5.57. The molecule has 0 radical (unpaired) electrons. The topological polar surface area (TPSA) is 100 Å². The van der Waals surface area contributed by atoms with Gasteiger partial charge in [0.15, 0.2) is 14.1 Å². The van der Waals surface area contributed by atoms with Gasteiger partial charge in [0.25, 0.3) is 14.2 Å². The first-order valence-electron chi connectivity index (χ1n) is 14.3. The summed E-state index contributed by atoms with van der Waals surface area (Å²) in [6, 6.07) is 3.01. The number of methoxy groups -OCH3 is 1. The van der Waals surface area contributed by atoms with Crippen molar-refractivity contribution in [2.75, 3.05) is 13.7 Å². The van der Waals surface area contributed by atoms with Crippen LogP contribution in [0.15, 0.2) is 23.9 Å². The highest BCUT2D eigenvalue weighted by molar-refractivity contribution is 6.78. The summed E-state index contributed by atoms with van der Waals surface area (Å²) in [4.78, 5) is 27.7. The summed E-state index contributed by atoms with van der Waals surface area (Å²) in [6.45, 7) is 26.5. The highest BCUT2D eigenvalue weighted by Gasteiger charge is 2.48. The number of amides is 2. The molecule has 0 bridgehead atoms. The summed E-state index contributed by atoms with van der Waals surface area (Å²) in [6.07, 6.45) is 1.55. The van der Waals surface area contributed by atoms with Crippen molar-refractivity contribution in [2.24, 2.45) is 5.73 Å². The molecule has 1 unspecified atom stereocenters. The molecule has 1 aliphatic rings. The lowest BCUT2D eigenvalue weighted by atomic mass is 10.1. The molecule has 2 N–H and O–H groups in total. The van der Waals surface area contributed by atoms with E-state index in [1.54, 1.807) is 24.1 Å². The first kappa shape index (κ1) is 33.9. The molecule has 2 amide bonds. The third-order valence-electron chi connectivity index (χ3n) is 8.69. The second-order valence-corrected chi connectivity index (χ2v) is 23.6. The van der Waals surface area contributed by atoms with E-state index in [0.29, 0.717) is 41.2 Å². The minimum absolute atomic E-state index is 0.0505. The van der Waals surface area contributed by atoms with Gasteiger partial charge in [0.2, 0.25) is 0 Å². The number of nitrogens with two attached hydrogens (primary N) is 1. The summed E-state index contributed by atoms with van der Waals surface area (Å²) in [7, 11) is -2.86. The molecule has 1 aromatic carbocycles. The van der Waals surface area contributed by atoms with Crippen LogP contribution in [0.25, 0.3) is 0 Å². The Hall–Kier alpha value is -2.31. The van der Waals surface area contributed by atoms with Crippen LogP contribution in [0.4, 0.5) is 4.79 Å². The summed E-state index contributed by atoms with van der Waals surface area (Å²) >= 11 is 0. The zero-order valence-electron chi connectivity index (χ0n) is 26.9. The minimum Gasteiger partial charge on any atom is -0.540 e. The van der Waals surface area contributed by atoms with Crippen LogP contribution in [0.2, 0.25) is 34.8 Å². The van der Waals surface area contributed by atoms with Crippen LogP contribution in [0.5, 0.6) is 17.2 Å². The predicted molar refractivity (Wildman–Crippen MR) is 166 cm³/mol. The van der Waals surface area contributed by atoms with E-state index in [1.165, 1.54) is 0 Å². The molecule has 0 saturated heterocycles. The molecule has 0 aromatic heterocycles. The molecule has 1 atom stereocenters. The summed E-state index contributed by atoms with van der Waals surface area (Å²) in [5, 5.41) is 0.0507. The van der Waals surface area contributed by atoms with Crippen molar-refractivity contribution in [2.45, 2.75) is 116 Å². The van der Waals surface area contributed by atoms with Gasteiger partial charge in [-0.15, -0.1) is 0 Å². The van der Waals surface area contributed by atoms with Gasteiger partial charge in [-0.25, -0.2) is 4.79 Å². The molecule has 226 valence electrons. The van der Waals surface area contributed by atoms with Gasteiger partial charge in [-0.1, -0.05) is 67.9 Å². The molecule has 1 aromatic rings. The smallest absolute Gasteiger partial charge is 0.409 e. The van der Waals surface area contributed by atoms with E-state index in [4.69, 9.17) is 24.1 Å². The van der Waals surface area contributed by atoms with Crippen molar-refractivity contribution in [3.63, 3.8) is 0 Å². The molecule has 0 aliphatic carbocycles. The van der Waals surface area contributed by atoms with E-state index in [9.17, 15) is 9.59 Å². The van der Waals surface area contributed by atoms with E-state index in [0.717, 1.165) is 5.57 Å². The second-order valence-electron chi connectivity index (χ2n) is 13.5. The van der Waals surface area contributed by atoms with E-state index >= 15 is 0 Å². The minimum atomic E-state index is -2.38. The van der Waals surface area contributed by atoms with Crippen LogP contribution >= 0.6 is 0 Å². The highest BCUT2D eigenvalue weighted by atomic mass is 28.4. The molecule has 1 aliphatic heterocycles. The average Bonchev–Trinajstić information content (AvgIpc) is 3.19. The second kappa shape index (κ2) is 12.7. The van der Waals surface area contributed by atoms with Gasteiger partial charge >= 0.3 is 6.09 Å². The van der Waals surface area contributed by atoms with Crippen molar-refractivity contribution in [1.29, 1.82) is 0 Å². The Kier molecular flexibility index (Phi) is 10.8. The number of benzene rings is 1. The Labute approximate surface area is 243 Å². The number of rotatable bonds is 11. The molecule has 0 spiro atoms. The van der Waals surface area contributed by atoms with Gasteiger partial charge in [-0.3, -0.25) is 4.79 Å². The van der Waals surface area contributed by atoms with Crippen LogP contribution in [0.3, 0.4) is 0 Å². The van der Waals surface area contributed by atoms with Crippen molar-refractivity contribution < 1.29 is 27.9 Å². The molecule has 10 heteroatoms. The lowest BCUT2D eigenvalue weighted by Crippen LogP contribution is -2.50. The number of hydrogen-bond donors (Lipinski definition) is 1. The Morgan fingerprint density at radius 3 is 2.00 bits per heavy atom. The van der Waals surface area contributed by atoms with E-state index in [-0.39, 0.29) is 28.3 Å². The fraction of sp³-hybridized carbons (Fsp3) is 0.667. The zero-order valence-corrected chi connectivity index (χ0v) is 28.9. The van der Waals surface area contributed by atoms with E-state index in [2.05, 4.69) is 75.4 Å². The predicted octanol–water partition coefficient (Wildman–Crippen LogP) is 7.85. The largest absolute Gasteiger partial charge is 0.540 e. The number of carbonyl (C=O) groups is 2. The third kappa shape index (κ3) is 7.12. The quantitative estimate of drug-likeness (QED) is 0.263. The molecule has 2 rings (SSSR count). The van der Waals surface area contributed by atoms with Crippen molar-refractivity contribution >= 4 is 28.6 Å². The maximum absolute atomic E-state index is 14.0. The number of nitrogens with zero attached hydrogens (tertiary/aromatic N) is 1. The lowest BCUT2D eigenvalue weighted by molar-refractivity contribution is 0.0734. The summed E-state index contributed by atoms with van der Waals surface area (Å²) < 4.78 is 24.5. The SMILES string of the molecule is COc1cc(C(=O)N2C=C(C)CC2CO[Si](C)(C)C(C)(C)C)c(OC(N)=O)cc1O[Si](C(C)C)(C(C)C)C(C)C. The molecule has 8 nitrogen and oxygen atoms in total. The van der Waals surface area contributed by atoms with Gasteiger partial charge in [0, 0.05) is 18.3 Å². The Morgan fingerprint density at radius 1 is 1.00 bits per heavy atom. The third-order valence-corrected chi connectivity index (χ3v) is 19.2. The zero-order chi connectivity index (χ0) is 30.8. The van der Waals surface area contributed by atoms with Crippen LogP contribution in [0, 0.1) is 0 Å². The van der Waals surface area contributed by atoms with Gasteiger partial charge < -0.3 is 29.0 Å². The van der Waals surface area contributed by atoms with Crippen LogP contribution in [-0.2, 0) is 4.43 Å². The highest BCUT2D eigenvalue weighted by Crippen LogP contribution is 2.46. The van der Waals surface area contributed by atoms with Crippen LogP contribution in [-0.4, -0.2) is 53.3 Å². The maximum Gasteiger partial charge on any atom is 0.409 e. The molecule has 0 fully saturated rings. The standard InChI is InChI=1S/C30H52N2O6Si2/c1-19(2)40(20(3)4,21(5)6)38-27-16-25(37-29(31)34)24(15-26(27)35-11)28(33)32-17-22(7)14-23(32)18-36-39(12,13)30(8,9)10/h15-17,19-21,23H,14,18H2,1-13H3,(H2,31,34). The fourth-order valence-corrected chi connectivity index (χ4v) is 11.9. The summed E-state index contributed by atoms with van der Waals surface area (Å²) in [5.41, 5.74) is 7.61. The van der Waals surface area contributed by atoms with Gasteiger partial charge in [-0.2, -0.15) is 0 Å². The Bertz CT molecular complexity index is 1090. The number of primary amides is 1.